The van der Waals surface area contributed by atoms with Crippen molar-refractivity contribution in [3.63, 3.8) is 0 Å². The van der Waals surface area contributed by atoms with E-state index >= 15 is 0 Å². The van der Waals surface area contributed by atoms with Crippen molar-refractivity contribution in [1.82, 2.24) is 0 Å². The van der Waals surface area contributed by atoms with Crippen LogP contribution in [0.3, 0.4) is 0 Å². The van der Waals surface area contributed by atoms with Gasteiger partial charge < -0.3 is 15.4 Å². The van der Waals surface area contributed by atoms with Gasteiger partial charge in [-0.15, -0.1) is 0 Å². The molecule has 1 rings (SSSR count). The van der Waals surface area contributed by atoms with Crippen molar-refractivity contribution in [2.45, 2.75) is 13.3 Å². The molecule has 15 heavy (non-hydrogen) atoms. The molecule has 1 aromatic rings. The van der Waals surface area contributed by atoms with Gasteiger partial charge in [0, 0.05) is 6.54 Å². The number of nitrogens with one attached hydrogen (secondary N) is 1. The van der Waals surface area contributed by atoms with Crippen LogP contribution in [-0.2, 0) is 0 Å². The van der Waals surface area contributed by atoms with Crippen LogP contribution in [0, 0.1) is 11.3 Å². The smallest absolute Gasteiger partial charge is 0.423 e. The molecule has 0 bridgehead atoms. The molecule has 78 valence electrons. The number of anilines is 1. The first-order valence-electron chi connectivity index (χ1n) is 4.83. The Morgan fingerprint density at radius 3 is 2.73 bits per heavy atom. The first-order chi connectivity index (χ1) is 7.19. The minimum absolute atomic E-state index is 0.327. The van der Waals surface area contributed by atoms with E-state index in [1.165, 1.54) is 6.07 Å². The lowest BCUT2D eigenvalue weighted by Crippen LogP contribution is -2.30. The second kappa shape index (κ2) is 5.39. The van der Waals surface area contributed by atoms with Crippen LogP contribution in [0.1, 0.15) is 18.9 Å². The molecule has 0 unspecified atom stereocenters. The van der Waals surface area contributed by atoms with Crippen LogP contribution >= 0.6 is 0 Å². The van der Waals surface area contributed by atoms with E-state index in [1.54, 1.807) is 12.1 Å². The standard InChI is InChI=1S/C10H13BN2O2/c1-2-5-13-10-4-3-9(11(14)15)6-8(10)7-12/h3-4,6,13-15H,2,5H2,1H3. The minimum atomic E-state index is -1.53. The maximum atomic E-state index is 8.94. The quantitative estimate of drug-likeness (QED) is 0.606. The Morgan fingerprint density at radius 2 is 2.20 bits per heavy atom. The molecule has 0 radical (unpaired) electrons. The fourth-order valence-corrected chi connectivity index (χ4v) is 1.23. The second-order valence-electron chi connectivity index (χ2n) is 3.22. The zero-order chi connectivity index (χ0) is 11.3. The van der Waals surface area contributed by atoms with E-state index < -0.39 is 7.12 Å². The predicted octanol–water partition coefficient (Wildman–Crippen LogP) is 0.0600. The van der Waals surface area contributed by atoms with Gasteiger partial charge in [-0.25, -0.2) is 0 Å². The number of nitrogens with zero attached hydrogens (tertiary/aromatic N) is 1. The maximum absolute atomic E-state index is 8.94. The van der Waals surface area contributed by atoms with Gasteiger partial charge in [-0.1, -0.05) is 13.0 Å². The molecule has 0 amide bonds. The predicted molar refractivity (Wildman–Crippen MR) is 59.8 cm³/mol. The Bertz CT molecular complexity index is 374. The first kappa shape index (κ1) is 11.6. The van der Waals surface area contributed by atoms with E-state index in [0.29, 0.717) is 11.0 Å². The van der Waals surface area contributed by atoms with Gasteiger partial charge in [0.1, 0.15) is 6.07 Å². The second-order valence-corrected chi connectivity index (χ2v) is 3.22. The lowest BCUT2D eigenvalue weighted by Gasteiger charge is -2.08. The minimum Gasteiger partial charge on any atom is -0.423 e. The molecule has 4 nitrogen and oxygen atoms in total. The largest absolute Gasteiger partial charge is 0.488 e. The van der Waals surface area contributed by atoms with E-state index in [1.807, 2.05) is 13.0 Å². The summed E-state index contributed by atoms with van der Waals surface area (Å²) in [5, 5.41) is 29.8. The van der Waals surface area contributed by atoms with Crippen molar-refractivity contribution in [3.05, 3.63) is 23.8 Å². The summed E-state index contributed by atoms with van der Waals surface area (Å²) in [5.74, 6) is 0. The molecular weight excluding hydrogens is 191 g/mol. The summed E-state index contributed by atoms with van der Waals surface area (Å²) in [6.07, 6.45) is 0.968. The summed E-state index contributed by atoms with van der Waals surface area (Å²) in [7, 11) is -1.53. The number of hydrogen-bond donors (Lipinski definition) is 3. The van der Waals surface area contributed by atoms with Crippen molar-refractivity contribution in [2.75, 3.05) is 11.9 Å². The highest BCUT2D eigenvalue weighted by Gasteiger charge is 2.12. The Balaban J connectivity index is 2.95. The molecular formula is C10H13BN2O2. The van der Waals surface area contributed by atoms with Crippen LogP contribution in [-0.4, -0.2) is 23.7 Å². The molecule has 0 spiro atoms. The third kappa shape index (κ3) is 2.98. The van der Waals surface area contributed by atoms with Gasteiger partial charge >= 0.3 is 7.12 Å². The van der Waals surface area contributed by atoms with Gasteiger partial charge in [-0.2, -0.15) is 5.26 Å². The van der Waals surface area contributed by atoms with E-state index in [0.717, 1.165) is 18.7 Å². The van der Waals surface area contributed by atoms with E-state index in [4.69, 9.17) is 15.3 Å². The average Bonchev–Trinajstić information content (AvgIpc) is 2.25. The molecule has 1 aromatic carbocycles. The van der Waals surface area contributed by atoms with Crippen molar-refractivity contribution < 1.29 is 10.0 Å². The van der Waals surface area contributed by atoms with Crippen molar-refractivity contribution in [1.29, 1.82) is 5.26 Å². The highest BCUT2D eigenvalue weighted by molar-refractivity contribution is 6.58. The van der Waals surface area contributed by atoms with Gasteiger partial charge in [0.25, 0.3) is 0 Å². The topological polar surface area (TPSA) is 76.3 Å². The molecule has 0 aliphatic heterocycles. The number of nitriles is 1. The fraction of sp³-hybridized carbons (Fsp3) is 0.300. The molecule has 5 heteroatoms. The van der Waals surface area contributed by atoms with Crippen molar-refractivity contribution >= 4 is 18.3 Å². The first-order valence-corrected chi connectivity index (χ1v) is 4.83. The lowest BCUT2D eigenvalue weighted by molar-refractivity contribution is 0.426. The van der Waals surface area contributed by atoms with Crippen molar-refractivity contribution in [3.8, 4) is 6.07 Å². The zero-order valence-corrected chi connectivity index (χ0v) is 8.57. The van der Waals surface area contributed by atoms with Crippen LogP contribution < -0.4 is 10.8 Å². The Hall–Kier alpha value is -1.51. The van der Waals surface area contributed by atoms with Crippen molar-refractivity contribution in [2.24, 2.45) is 0 Å². The van der Waals surface area contributed by atoms with Crippen LogP contribution in [0.15, 0.2) is 18.2 Å². The SMILES string of the molecule is CCCNc1ccc(B(O)O)cc1C#N. The molecule has 0 fully saturated rings. The molecule has 0 aliphatic carbocycles. The molecule has 0 aliphatic rings. The maximum Gasteiger partial charge on any atom is 0.488 e. The Labute approximate surface area is 89.3 Å². The van der Waals surface area contributed by atoms with Crippen LogP contribution in [0.25, 0.3) is 0 Å². The molecule has 0 saturated carbocycles. The summed E-state index contributed by atoms with van der Waals surface area (Å²) in [6, 6.07) is 6.76. The molecule has 0 saturated heterocycles. The van der Waals surface area contributed by atoms with Crippen LogP contribution in [0.4, 0.5) is 5.69 Å². The summed E-state index contributed by atoms with van der Waals surface area (Å²) in [5.41, 5.74) is 1.48. The summed E-state index contributed by atoms with van der Waals surface area (Å²) in [4.78, 5) is 0. The lowest BCUT2D eigenvalue weighted by atomic mass is 9.79. The van der Waals surface area contributed by atoms with Crippen LogP contribution in [0.2, 0.25) is 0 Å². The van der Waals surface area contributed by atoms with Gasteiger partial charge in [0.2, 0.25) is 0 Å². The number of rotatable bonds is 4. The van der Waals surface area contributed by atoms with E-state index in [-0.39, 0.29) is 0 Å². The highest BCUT2D eigenvalue weighted by Crippen LogP contribution is 2.12. The summed E-state index contributed by atoms with van der Waals surface area (Å²) in [6.45, 7) is 2.82. The monoisotopic (exact) mass is 204 g/mol. The van der Waals surface area contributed by atoms with Gasteiger partial charge in [-0.05, 0) is 24.0 Å². The number of benzene rings is 1. The molecule has 0 atom stereocenters. The number of hydrogen-bond acceptors (Lipinski definition) is 4. The third-order valence-electron chi connectivity index (χ3n) is 2.03. The fourth-order valence-electron chi connectivity index (χ4n) is 1.23. The summed E-state index contributed by atoms with van der Waals surface area (Å²) < 4.78 is 0. The zero-order valence-electron chi connectivity index (χ0n) is 8.57. The molecule has 3 N–H and O–H groups in total. The summed E-state index contributed by atoms with van der Waals surface area (Å²) >= 11 is 0. The van der Waals surface area contributed by atoms with Crippen LogP contribution in [0.5, 0.6) is 0 Å². The Morgan fingerprint density at radius 1 is 1.47 bits per heavy atom. The Kier molecular flexibility index (Phi) is 4.16. The van der Waals surface area contributed by atoms with Gasteiger partial charge in [0.05, 0.1) is 11.3 Å². The van der Waals surface area contributed by atoms with Gasteiger partial charge in [-0.3, -0.25) is 0 Å². The van der Waals surface area contributed by atoms with Gasteiger partial charge in [0.15, 0.2) is 0 Å². The van der Waals surface area contributed by atoms with E-state index in [2.05, 4.69) is 5.32 Å². The molecule has 0 aromatic heterocycles. The highest BCUT2D eigenvalue weighted by atomic mass is 16.4. The molecule has 0 heterocycles. The average molecular weight is 204 g/mol. The van der Waals surface area contributed by atoms with E-state index in [9.17, 15) is 0 Å². The third-order valence-corrected chi connectivity index (χ3v) is 2.03. The normalized spacial score (nSPS) is 9.47.